The van der Waals surface area contributed by atoms with Gasteiger partial charge in [-0.25, -0.2) is 17.8 Å². The molecule has 4 rings (SSSR count). The molecule has 0 aliphatic rings. The van der Waals surface area contributed by atoms with Gasteiger partial charge in [-0.05, 0) is 36.8 Å². The molecular weight excluding hydrogens is 558 g/mol. The maximum atomic E-state index is 13.8. The fourth-order valence-electron chi connectivity index (χ4n) is 3.66. The second kappa shape index (κ2) is 11.2. The highest BCUT2D eigenvalue weighted by Gasteiger charge is 2.35. The lowest BCUT2D eigenvalue weighted by atomic mass is 10.1. The molecule has 0 bridgehead atoms. The molecule has 0 aliphatic carbocycles. The lowest BCUT2D eigenvalue weighted by Gasteiger charge is -2.20. The van der Waals surface area contributed by atoms with Gasteiger partial charge in [0, 0.05) is 18.0 Å². The molecule has 2 aromatic heterocycles. The van der Waals surface area contributed by atoms with Crippen molar-refractivity contribution in [2.75, 3.05) is 15.8 Å². The smallest absolute Gasteiger partial charge is 0.404 e. The van der Waals surface area contributed by atoms with Crippen LogP contribution in [0.5, 0.6) is 5.75 Å². The number of amides is 1. The number of nitrogens with zero attached hydrogens (tertiary/aromatic N) is 3. The number of primary amides is 1. The van der Waals surface area contributed by atoms with Gasteiger partial charge >= 0.3 is 6.18 Å². The van der Waals surface area contributed by atoms with Crippen molar-refractivity contribution >= 4 is 33.3 Å². The van der Waals surface area contributed by atoms with Gasteiger partial charge in [0.05, 0.1) is 11.9 Å². The van der Waals surface area contributed by atoms with Crippen LogP contribution in [-0.4, -0.2) is 46.4 Å². The molecule has 0 unspecified atom stereocenters. The zero-order valence-electron chi connectivity index (χ0n) is 20.5. The van der Waals surface area contributed by atoms with E-state index in [9.17, 15) is 30.8 Å². The number of anilines is 3. The maximum absolute atomic E-state index is 13.8. The third kappa shape index (κ3) is 7.02. The van der Waals surface area contributed by atoms with Crippen LogP contribution in [0.4, 0.5) is 34.9 Å². The van der Waals surface area contributed by atoms with E-state index in [-0.39, 0.29) is 39.9 Å². The number of aromatic nitrogens is 4. The van der Waals surface area contributed by atoms with Gasteiger partial charge in [0.2, 0.25) is 10.0 Å². The van der Waals surface area contributed by atoms with Gasteiger partial charge in [-0.3, -0.25) is 19.6 Å². The number of hydrogen-bond acceptors (Lipinski definition) is 8. The van der Waals surface area contributed by atoms with E-state index in [1.807, 2.05) is 4.72 Å². The summed E-state index contributed by atoms with van der Waals surface area (Å²) in [6.45, 7) is 1.53. The van der Waals surface area contributed by atoms with Crippen molar-refractivity contribution in [3.63, 3.8) is 0 Å². The van der Waals surface area contributed by atoms with Crippen LogP contribution < -0.4 is 20.5 Å². The first-order valence-electron chi connectivity index (χ1n) is 11.4. The van der Waals surface area contributed by atoms with Gasteiger partial charge in [0.25, 0.3) is 5.91 Å². The zero-order chi connectivity index (χ0) is 29.1. The van der Waals surface area contributed by atoms with Crippen LogP contribution in [0.2, 0.25) is 0 Å². The molecule has 1 amide bonds. The van der Waals surface area contributed by atoms with E-state index in [4.69, 9.17) is 10.5 Å². The Bertz CT molecular complexity index is 1630. The lowest BCUT2D eigenvalue weighted by Crippen LogP contribution is -2.28. The number of aromatic amines is 1. The Morgan fingerprint density at radius 1 is 1.18 bits per heavy atom. The molecule has 40 heavy (non-hydrogen) atoms. The molecule has 4 aromatic rings. The summed E-state index contributed by atoms with van der Waals surface area (Å²) in [7, 11) is -4.89. The van der Waals surface area contributed by atoms with Crippen LogP contribution >= 0.6 is 0 Å². The van der Waals surface area contributed by atoms with E-state index in [0.29, 0.717) is 5.56 Å². The molecular formula is C24H21F4N7O4S. The molecule has 0 fully saturated rings. The van der Waals surface area contributed by atoms with Crippen molar-refractivity contribution in [2.24, 2.45) is 5.73 Å². The molecule has 0 saturated heterocycles. The number of H-pyrrole nitrogens is 1. The van der Waals surface area contributed by atoms with Crippen molar-refractivity contribution in [3.05, 3.63) is 78.0 Å². The first-order valence-corrected chi connectivity index (χ1v) is 13.0. The van der Waals surface area contributed by atoms with Crippen molar-refractivity contribution in [1.29, 1.82) is 0 Å². The SMILES string of the molecule is C[C@H](Oc1cc(-c2n[nH]c(Nc3cnccn3)c2C(N)=O)ccc1NS(=O)(=O)CC(F)(F)F)c1cccc(F)c1. The fourth-order valence-corrected chi connectivity index (χ4v) is 4.67. The third-order valence-corrected chi connectivity index (χ3v) is 6.56. The number of rotatable bonds is 10. The Labute approximate surface area is 224 Å². The summed E-state index contributed by atoms with van der Waals surface area (Å²) in [6, 6.07) is 9.09. The minimum absolute atomic E-state index is 0.0202. The standard InChI is InChI=1S/C24H21F4N7O4S/c1-13(14-3-2-4-16(25)9-14)39-18-10-15(5-6-17(18)35-40(37,38)12-24(26,27)28)21-20(22(29)36)23(34-33-21)32-19-11-30-7-8-31-19/h2-11,13,35H,12H2,1H3,(H2,29,36)(H2,31,32,33,34)/t13-/m0/s1. The molecule has 2 aromatic carbocycles. The number of ether oxygens (including phenoxy) is 1. The van der Waals surface area contributed by atoms with Crippen LogP contribution in [0.15, 0.2) is 61.1 Å². The maximum Gasteiger partial charge on any atom is 0.404 e. The predicted octanol–water partition coefficient (Wildman–Crippen LogP) is 4.29. The van der Waals surface area contributed by atoms with Crippen LogP contribution in [-0.2, 0) is 10.0 Å². The molecule has 0 radical (unpaired) electrons. The Kier molecular flexibility index (Phi) is 7.90. The molecule has 2 heterocycles. The summed E-state index contributed by atoms with van der Waals surface area (Å²) in [5.41, 5.74) is 5.74. The molecule has 0 spiro atoms. The summed E-state index contributed by atoms with van der Waals surface area (Å²) in [6.07, 6.45) is -1.64. The van der Waals surface area contributed by atoms with Crippen LogP contribution in [0, 0.1) is 5.82 Å². The summed E-state index contributed by atoms with van der Waals surface area (Å²) in [5.74, 6) is -3.46. The van der Waals surface area contributed by atoms with Gasteiger partial charge in [-0.1, -0.05) is 18.2 Å². The summed E-state index contributed by atoms with van der Waals surface area (Å²) in [4.78, 5) is 20.3. The number of nitrogens with one attached hydrogen (secondary N) is 3. The minimum atomic E-state index is -5.00. The van der Waals surface area contributed by atoms with Crippen molar-refractivity contribution in [2.45, 2.75) is 19.2 Å². The van der Waals surface area contributed by atoms with E-state index < -0.39 is 39.8 Å². The number of benzene rings is 2. The first kappa shape index (κ1) is 28.3. The summed E-state index contributed by atoms with van der Waals surface area (Å²) < 4.78 is 84.4. The Morgan fingerprint density at radius 3 is 2.60 bits per heavy atom. The number of nitrogens with two attached hydrogens (primary N) is 1. The number of halogens is 4. The average Bonchev–Trinajstić information content (AvgIpc) is 3.28. The number of hydrogen-bond donors (Lipinski definition) is 4. The van der Waals surface area contributed by atoms with Gasteiger partial charge in [0.15, 0.2) is 5.75 Å². The Hall–Kier alpha value is -4.73. The Morgan fingerprint density at radius 2 is 1.95 bits per heavy atom. The van der Waals surface area contributed by atoms with Crippen molar-refractivity contribution in [1.82, 2.24) is 20.2 Å². The van der Waals surface area contributed by atoms with Crippen LogP contribution in [0.1, 0.15) is 28.9 Å². The molecule has 210 valence electrons. The second-order valence-corrected chi connectivity index (χ2v) is 10.1. The summed E-state index contributed by atoms with van der Waals surface area (Å²) in [5, 5.41) is 9.57. The normalized spacial score (nSPS) is 12.5. The second-order valence-electron chi connectivity index (χ2n) is 8.40. The average molecular weight is 580 g/mol. The topological polar surface area (TPSA) is 165 Å². The number of sulfonamides is 1. The quantitative estimate of drug-likeness (QED) is 0.202. The zero-order valence-corrected chi connectivity index (χ0v) is 21.3. The molecule has 11 nitrogen and oxygen atoms in total. The van der Waals surface area contributed by atoms with Crippen LogP contribution in [0.3, 0.4) is 0 Å². The molecule has 1 atom stereocenters. The molecule has 0 aliphatic heterocycles. The van der Waals surface area contributed by atoms with Crippen molar-refractivity contribution in [3.8, 4) is 17.0 Å². The van der Waals surface area contributed by atoms with E-state index in [0.717, 1.165) is 6.07 Å². The van der Waals surface area contributed by atoms with Crippen LogP contribution in [0.25, 0.3) is 11.3 Å². The molecule has 0 saturated carbocycles. The number of carbonyl (C=O) groups excluding carboxylic acids is 1. The highest BCUT2D eigenvalue weighted by molar-refractivity contribution is 7.92. The fraction of sp³-hybridized carbons (Fsp3) is 0.167. The third-order valence-electron chi connectivity index (χ3n) is 5.32. The minimum Gasteiger partial charge on any atom is -0.484 e. The monoisotopic (exact) mass is 579 g/mol. The van der Waals surface area contributed by atoms with Gasteiger partial charge < -0.3 is 15.8 Å². The highest BCUT2D eigenvalue weighted by Crippen LogP contribution is 2.37. The Balaban J connectivity index is 1.76. The molecule has 16 heteroatoms. The van der Waals surface area contributed by atoms with Gasteiger partial charge in [0.1, 0.15) is 40.6 Å². The van der Waals surface area contributed by atoms with E-state index in [1.54, 1.807) is 6.07 Å². The number of alkyl halides is 3. The van der Waals surface area contributed by atoms with Gasteiger partial charge in [-0.15, -0.1) is 0 Å². The first-order chi connectivity index (χ1) is 18.8. The number of carbonyl (C=O) groups is 1. The van der Waals surface area contributed by atoms with Gasteiger partial charge in [-0.2, -0.15) is 18.3 Å². The van der Waals surface area contributed by atoms with E-state index >= 15 is 0 Å². The lowest BCUT2D eigenvalue weighted by molar-refractivity contribution is -0.106. The highest BCUT2D eigenvalue weighted by atomic mass is 32.2. The van der Waals surface area contributed by atoms with E-state index in [1.165, 1.54) is 55.8 Å². The van der Waals surface area contributed by atoms with Crippen molar-refractivity contribution < 1.29 is 35.5 Å². The molecule has 5 N–H and O–H groups in total. The largest absolute Gasteiger partial charge is 0.484 e. The van der Waals surface area contributed by atoms with E-state index in [2.05, 4.69) is 25.5 Å². The predicted molar refractivity (Wildman–Crippen MR) is 137 cm³/mol. The summed E-state index contributed by atoms with van der Waals surface area (Å²) >= 11 is 0.